The molecule has 0 fully saturated rings. The summed E-state index contributed by atoms with van der Waals surface area (Å²) in [6.45, 7) is 4.08. The molecule has 0 saturated heterocycles. The number of anilines is 1. The topological polar surface area (TPSA) is 55.8 Å². The molecule has 0 unspecified atom stereocenters. The van der Waals surface area contributed by atoms with E-state index in [-0.39, 0.29) is 12.5 Å². The van der Waals surface area contributed by atoms with Crippen LogP contribution in [0.5, 0.6) is 5.75 Å². The van der Waals surface area contributed by atoms with Gasteiger partial charge >= 0.3 is 5.97 Å². The van der Waals surface area contributed by atoms with Gasteiger partial charge in [-0.05, 0) is 35.7 Å². The minimum absolute atomic E-state index is 0.118. The molecule has 5 nitrogen and oxygen atoms in total. The predicted molar refractivity (Wildman–Crippen MR) is 97.2 cm³/mol. The Morgan fingerprint density at radius 1 is 1.08 bits per heavy atom. The standard InChI is InChI=1S/C20H23NO4/c1-14(2)15-8-7-9-16(12-15)25-13-19(22)21(3)18-11-6-5-10-17(18)20(23)24-4/h5-12,14H,13H2,1-4H3. The average molecular weight is 341 g/mol. The van der Waals surface area contributed by atoms with E-state index in [2.05, 4.69) is 13.8 Å². The lowest BCUT2D eigenvalue weighted by Gasteiger charge is -2.20. The Labute approximate surface area is 148 Å². The Bertz CT molecular complexity index is 755. The highest BCUT2D eigenvalue weighted by Crippen LogP contribution is 2.22. The van der Waals surface area contributed by atoms with Crippen LogP contribution in [0.2, 0.25) is 0 Å². The van der Waals surface area contributed by atoms with E-state index in [1.165, 1.54) is 12.0 Å². The van der Waals surface area contributed by atoms with Crippen molar-refractivity contribution in [3.05, 3.63) is 59.7 Å². The van der Waals surface area contributed by atoms with Gasteiger partial charge in [-0.25, -0.2) is 4.79 Å². The van der Waals surface area contributed by atoms with Gasteiger partial charge in [0.2, 0.25) is 0 Å². The number of hydrogen-bond donors (Lipinski definition) is 0. The van der Waals surface area contributed by atoms with Crippen molar-refractivity contribution in [3.63, 3.8) is 0 Å². The first-order valence-electron chi connectivity index (χ1n) is 8.10. The zero-order valence-corrected chi connectivity index (χ0v) is 15.0. The predicted octanol–water partition coefficient (Wildman–Crippen LogP) is 3.64. The van der Waals surface area contributed by atoms with E-state index in [0.29, 0.717) is 22.9 Å². The van der Waals surface area contributed by atoms with Crippen molar-refractivity contribution in [2.75, 3.05) is 25.7 Å². The summed E-state index contributed by atoms with van der Waals surface area (Å²) in [6.07, 6.45) is 0. The van der Waals surface area contributed by atoms with Gasteiger partial charge < -0.3 is 14.4 Å². The van der Waals surface area contributed by atoms with Gasteiger partial charge in [0.05, 0.1) is 18.4 Å². The molecule has 0 saturated carbocycles. The quantitative estimate of drug-likeness (QED) is 0.753. The molecule has 25 heavy (non-hydrogen) atoms. The molecule has 1 amide bonds. The number of ether oxygens (including phenoxy) is 2. The smallest absolute Gasteiger partial charge is 0.339 e. The SMILES string of the molecule is COC(=O)c1ccccc1N(C)C(=O)COc1cccc(C(C)C)c1. The zero-order valence-electron chi connectivity index (χ0n) is 15.0. The Kier molecular flexibility index (Phi) is 6.17. The van der Waals surface area contributed by atoms with Crippen molar-refractivity contribution in [1.29, 1.82) is 0 Å². The maximum absolute atomic E-state index is 12.4. The third-order valence-electron chi connectivity index (χ3n) is 3.93. The summed E-state index contributed by atoms with van der Waals surface area (Å²) in [5.41, 5.74) is 1.97. The van der Waals surface area contributed by atoms with Crippen molar-refractivity contribution >= 4 is 17.6 Å². The minimum Gasteiger partial charge on any atom is -0.484 e. The largest absolute Gasteiger partial charge is 0.484 e. The van der Waals surface area contributed by atoms with Gasteiger partial charge in [0.15, 0.2) is 6.61 Å². The number of benzene rings is 2. The van der Waals surface area contributed by atoms with Crippen LogP contribution >= 0.6 is 0 Å². The molecule has 0 aromatic heterocycles. The van der Waals surface area contributed by atoms with Crippen molar-refractivity contribution in [2.45, 2.75) is 19.8 Å². The lowest BCUT2D eigenvalue weighted by Crippen LogP contribution is -2.32. The molecule has 0 bridgehead atoms. The van der Waals surface area contributed by atoms with Crippen LogP contribution in [0, 0.1) is 0 Å². The summed E-state index contributed by atoms with van der Waals surface area (Å²) >= 11 is 0. The summed E-state index contributed by atoms with van der Waals surface area (Å²) in [5, 5.41) is 0. The molecule has 0 aliphatic carbocycles. The lowest BCUT2D eigenvalue weighted by atomic mass is 10.0. The fourth-order valence-electron chi connectivity index (χ4n) is 2.39. The molecule has 0 aliphatic rings. The number of nitrogens with zero attached hydrogens (tertiary/aromatic N) is 1. The second kappa shape index (κ2) is 8.33. The highest BCUT2D eigenvalue weighted by atomic mass is 16.5. The van der Waals surface area contributed by atoms with Gasteiger partial charge in [0.25, 0.3) is 5.91 Å². The number of amides is 1. The lowest BCUT2D eigenvalue weighted by molar-refractivity contribution is -0.120. The summed E-state index contributed by atoms with van der Waals surface area (Å²) in [6, 6.07) is 14.5. The Morgan fingerprint density at radius 2 is 1.80 bits per heavy atom. The van der Waals surface area contributed by atoms with Crippen LogP contribution in [0.4, 0.5) is 5.69 Å². The van der Waals surface area contributed by atoms with Crippen LogP contribution in [0.15, 0.2) is 48.5 Å². The summed E-state index contributed by atoms with van der Waals surface area (Å²) in [5.74, 6) is 0.287. The van der Waals surface area contributed by atoms with Crippen molar-refractivity contribution in [3.8, 4) is 5.75 Å². The van der Waals surface area contributed by atoms with Crippen LogP contribution in [0.3, 0.4) is 0 Å². The Balaban J connectivity index is 2.09. The second-order valence-corrected chi connectivity index (χ2v) is 5.98. The first-order valence-corrected chi connectivity index (χ1v) is 8.10. The van der Waals surface area contributed by atoms with E-state index in [9.17, 15) is 9.59 Å². The molecule has 2 rings (SSSR count). The molecule has 0 spiro atoms. The maximum Gasteiger partial charge on any atom is 0.339 e. The van der Waals surface area contributed by atoms with E-state index in [1.807, 2.05) is 24.3 Å². The van der Waals surface area contributed by atoms with Crippen LogP contribution in [0.25, 0.3) is 0 Å². The minimum atomic E-state index is -0.485. The van der Waals surface area contributed by atoms with E-state index in [1.54, 1.807) is 31.3 Å². The number of likely N-dealkylation sites (N-methyl/N-ethyl adjacent to an activating group) is 1. The monoisotopic (exact) mass is 341 g/mol. The number of para-hydroxylation sites is 1. The number of carbonyl (C=O) groups excluding carboxylic acids is 2. The molecule has 2 aromatic rings. The molecule has 0 heterocycles. The molecule has 0 aliphatic heterocycles. The number of rotatable bonds is 6. The molecule has 0 atom stereocenters. The highest BCUT2D eigenvalue weighted by Gasteiger charge is 2.19. The van der Waals surface area contributed by atoms with Crippen LogP contribution in [-0.2, 0) is 9.53 Å². The molecule has 2 aromatic carbocycles. The van der Waals surface area contributed by atoms with Gasteiger partial charge in [-0.2, -0.15) is 0 Å². The normalized spacial score (nSPS) is 10.4. The van der Waals surface area contributed by atoms with Gasteiger partial charge in [-0.3, -0.25) is 4.79 Å². The summed E-state index contributed by atoms with van der Waals surface area (Å²) < 4.78 is 10.4. The van der Waals surface area contributed by atoms with Crippen molar-refractivity contribution < 1.29 is 19.1 Å². The first kappa shape index (κ1) is 18.5. The number of esters is 1. The molecular formula is C20H23NO4. The number of methoxy groups -OCH3 is 1. The molecule has 0 N–H and O–H groups in total. The second-order valence-electron chi connectivity index (χ2n) is 5.98. The first-order chi connectivity index (χ1) is 11.9. The van der Waals surface area contributed by atoms with Gasteiger partial charge in [0, 0.05) is 7.05 Å². The molecule has 5 heteroatoms. The maximum atomic E-state index is 12.4. The number of carbonyl (C=O) groups is 2. The molecule has 132 valence electrons. The van der Waals surface area contributed by atoms with Crippen molar-refractivity contribution in [1.82, 2.24) is 0 Å². The van der Waals surface area contributed by atoms with E-state index in [0.717, 1.165) is 5.56 Å². The number of hydrogen-bond acceptors (Lipinski definition) is 4. The average Bonchev–Trinajstić information content (AvgIpc) is 2.65. The summed E-state index contributed by atoms with van der Waals surface area (Å²) in [4.78, 5) is 25.7. The summed E-state index contributed by atoms with van der Waals surface area (Å²) in [7, 11) is 2.92. The Morgan fingerprint density at radius 3 is 2.48 bits per heavy atom. The fourth-order valence-corrected chi connectivity index (χ4v) is 2.39. The van der Waals surface area contributed by atoms with Crippen LogP contribution < -0.4 is 9.64 Å². The van der Waals surface area contributed by atoms with Crippen LogP contribution in [0.1, 0.15) is 35.7 Å². The highest BCUT2D eigenvalue weighted by molar-refractivity contribution is 6.02. The van der Waals surface area contributed by atoms with Gasteiger partial charge in [-0.1, -0.05) is 38.1 Å². The third kappa shape index (κ3) is 4.59. The zero-order chi connectivity index (χ0) is 18.4. The fraction of sp³-hybridized carbons (Fsp3) is 0.300. The molecule has 0 radical (unpaired) electrons. The van der Waals surface area contributed by atoms with E-state index >= 15 is 0 Å². The van der Waals surface area contributed by atoms with Gasteiger partial charge in [0.1, 0.15) is 5.75 Å². The van der Waals surface area contributed by atoms with E-state index in [4.69, 9.17) is 9.47 Å². The molecular weight excluding hydrogens is 318 g/mol. The van der Waals surface area contributed by atoms with E-state index < -0.39 is 5.97 Å². The van der Waals surface area contributed by atoms with Crippen molar-refractivity contribution in [2.24, 2.45) is 0 Å². The van der Waals surface area contributed by atoms with Crippen LogP contribution in [-0.4, -0.2) is 32.6 Å². The Hall–Kier alpha value is -2.82. The van der Waals surface area contributed by atoms with Gasteiger partial charge in [-0.15, -0.1) is 0 Å². The third-order valence-corrected chi connectivity index (χ3v) is 3.93.